The van der Waals surface area contributed by atoms with E-state index >= 15 is 0 Å². The molecule has 4 rings (SSSR count). The monoisotopic (exact) mass is 363 g/mol. The van der Waals surface area contributed by atoms with Crippen LogP contribution in [0, 0.1) is 0 Å². The predicted molar refractivity (Wildman–Crippen MR) is 106 cm³/mol. The molecule has 0 aliphatic rings. The van der Waals surface area contributed by atoms with Gasteiger partial charge in [0.25, 0.3) is 0 Å². The first-order chi connectivity index (χ1) is 12.8. The molecule has 0 spiro atoms. The molecule has 5 heteroatoms. The third-order valence-corrected chi connectivity index (χ3v) is 4.51. The van der Waals surface area contributed by atoms with E-state index in [9.17, 15) is 0 Å². The number of aryl methyl sites for hydroxylation is 1. The molecule has 0 aliphatic heterocycles. The topological polar surface area (TPSA) is 51.0 Å². The zero-order valence-electron chi connectivity index (χ0n) is 14.2. The summed E-state index contributed by atoms with van der Waals surface area (Å²) in [6, 6.07) is 18.0. The molecule has 0 radical (unpaired) electrons. The number of nitrogens with zero attached hydrogens (tertiary/aromatic N) is 2. The lowest BCUT2D eigenvalue weighted by Gasteiger charge is -2.03. The Balaban J connectivity index is 1.36. The average molecular weight is 364 g/mol. The highest BCUT2D eigenvalue weighted by atomic mass is 35.5. The number of nitrogens with one attached hydrogen (secondary N) is 1. The molecule has 0 bridgehead atoms. The highest BCUT2D eigenvalue weighted by molar-refractivity contribution is 6.30. The first kappa shape index (κ1) is 16.6. The summed E-state index contributed by atoms with van der Waals surface area (Å²) >= 11 is 6.01. The minimum absolute atomic E-state index is 0.751. The molecule has 0 amide bonds. The zero-order valence-corrected chi connectivity index (χ0v) is 14.9. The van der Waals surface area contributed by atoms with Gasteiger partial charge in [-0.3, -0.25) is 4.98 Å². The number of aromatic nitrogens is 2. The second-order valence-electron chi connectivity index (χ2n) is 6.17. The lowest BCUT2D eigenvalue weighted by Crippen LogP contribution is -2.02. The molecule has 0 fully saturated rings. The normalized spacial score (nSPS) is 11.0. The summed E-state index contributed by atoms with van der Waals surface area (Å²) in [6.07, 6.45) is 5.61. The molecular formula is C21H18ClN3O. The van der Waals surface area contributed by atoms with Gasteiger partial charge in [0, 0.05) is 41.0 Å². The molecule has 0 aliphatic carbocycles. The van der Waals surface area contributed by atoms with Gasteiger partial charge < -0.3 is 9.84 Å². The molecule has 0 saturated heterocycles. The highest BCUT2D eigenvalue weighted by Crippen LogP contribution is 2.26. The van der Waals surface area contributed by atoms with Gasteiger partial charge >= 0.3 is 0 Å². The van der Waals surface area contributed by atoms with E-state index in [1.165, 1.54) is 5.56 Å². The maximum Gasteiger partial charge on any atom is 0.170 e. The van der Waals surface area contributed by atoms with Gasteiger partial charge in [0.1, 0.15) is 0 Å². The average Bonchev–Trinajstić information content (AvgIpc) is 3.14. The fourth-order valence-electron chi connectivity index (χ4n) is 2.93. The van der Waals surface area contributed by atoms with Crippen molar-refractivity contribution in [3.05, 3.63) is 77.6 Å². The fraction of sp³-hybridized carbons (Fsp3) is 0.143. The molecule has 0 unspecified atom stereocenters. The van der Waals surface area contributed by atoms with E-state index in [0.717, 1.165) is 52.3 Å². The van der Waals surface area contributed by atoms with E-state index < -0.39 is 0 Å². The van der Waals surface area contributed by atoms with Gasteiger partial charge in [0.15, 0.2) is 11.6 Å². The second-order valence-corrected chi connectivity index (χ2v) is 6.61. The number of pyridine rings is 1. The fourth-order valence-corrected chi connectivity index (χ4v) is 3.15. The van der Waals surface area contributed by atoms with Crippen LogP contribution < -0.4 is 5.32 Å². The van der Waals surface area contributed by atoms with Gasteiger partial charge in [-0.25, -0.2) is 0 Å². The predicted octanol–water partition coefficient (Wildman–Crippen LogP) is 5.59. The Bertz CT molecular complexity index is 1030. The van der Waals surface area contributed by atoms with Crippen LogP contribution in [0.4, 0.5) is 5.82 Å². The van der Waals surface area contributed by atoms with E-state index in [0.29, 0.717) is 0 Å². The van der Waals surface area contributed by atoms with Crippen LogP contribution in [0.25, 0.3) is 22.1 Å². The number of fused-ring (bicyclic) bond motifs is 1. The summed E-state index contributed by atoms with van der Waals surface area (Å²) in [7, 11) is 0. The van der Waals surface area contributed by atoms with Crippen LogP contribution in [0.1, 0.15) is 12.0 Å². The minimum Gasteiger partial charge on any atom is -0.367 e. The van der Waals surface area contributed by atoms with E-state index in [4.69, 9.17) is 16.1 Å². The molecule has 2 aromatic carbocycles. The van der Waals surface area contributed by atoms with Gasteiger partial charge in [-0.05, 0) is 48.1 Å². The summed E-state index contributed by atoms with van der Waals surface area (Å²) in [5.74, 6) is 1.50. The van der Waals surface area contributed by atoms with Crippen molar-refractivity contribution in [2.24, 2.45) is 0 Å². The lowest BCUT2D eigenvalue weighted by atomic mass is 10.1. The van der Waals surface area contributed by atoms with Crippen molar-refractivity contribution in [3.63, 3.8) is 0 Å². The standard InChI is InChI=1S/C21H18ClN3O/c22-19-5-1-3-15(11-19)4-2-9-24-21-13-20(26-25-21)17-6-7-18-14-23-10-8-16(18)12-17/h1,3,5-8,10-14H,2,4,9H2,(H,24,25). The van der Waals surface area contributed by atoms with Crippen molar-refractivity contribution in [2.45, 2.75) is 12.8 Å². The van der Waals surface area contributed by atoms with E-state index in [-0.39, 0.29) is 0 Å². The minimum atomic E-state index is 0.751. The van der Waals surface area contributed by atoms with Crippen molar-refractivity contribution < 1.29 is 4.52 Å². The summed E-state index contributed by atoms with van der Waals surface area (Å²) in [5.41, 5.74) is 2.24. The van der Waals surface area contributed by atoms with Gasteiger partial charge in [-0.1, -0.05) is 41.0 Å². The van der Waals surface area contributed by atoms with Crippen LogP contribution in [-0.2, 0) is 6.42 Å². The summed E-state index contributed by atoms with van der Waals surface area (Å²) in [6.45, 7) is 0.821. The summed E-state index contributed by atoms with van der Waals surface area (Å²) in [4.78, 5) is 4.13. The van der Waals surface area contributed by atoms with E-state index in [1.54, 1.807) is 6.20 Å². The molecular weight excluding hydrogens is 346 g/mol. The van der Waals surface area contributed by atoms with Gasteiger partial charge in [0.05, 0.1) is 0 Å². The molecule has 1 N–H and O–H groups in total. The molecule has 0 atom stereocenters. The number of anilines is 1. The van der Waals surface area contributed by atoms with Crippen LogP contribution >= 0.6 is 11.6 Å². The quantitative estimate of drug-likeness (QED) is 0.454. The maximum absolute atomic E-state index is 6.01. The van der Waals surface area contributed by atoms with Crippen molar-refractivity contribution in [3.8, 4) is 11.3 Å². The Labute approximate surface area is 156 Å². The van der Waals surface area contributed by atoms with Crippen molar-refractivity contribution >= 4 is 28.2 Å². The maximum atomic E-state index is 6.01. The largest absolute Gasteiger partial charge is 0.367 e. The lowest BCUT2D eigenvalue weighted by molar-refractivity contribution is 0.435. The van der Waals surface area contributed by atoms with Crippen molar-refractivity contribution in [1.29, 1.82) is 0 Å². The molecule has 130 valence electrons. The Morgan fingerprint density at radius 1 is 1.00 bits per heavy atom. The molecule has 2 heterocycles. The second kappa shape index (κ2) is 7.58. The van der Waals surface area contributed by atoms with Crippen molar-refractivity contribution in [2.75, 3.05) is 11.9 Å². The van der Waals surface area contributed by atoms with Crippen LogP contribution in [0.5, 0.6) is 0 Å². The molecule has 0 saturated carbocycles. The third-order valence-electron chi connectivity index (χ3n) is 4.27. The molecule has 26 heavy (non-hydrogen) atoms. The zero-order chi connectivity index (χ0) is 17.8. The highest BCUT2D eigenvalue weighted by Gasteiger charge is 2.07. The number of rotatable bonds is 6. The Kier molecular flexibility index (Phi) is 4.84. The number of hydrogen-bond acceptors (Lipinski definition) is 4. The summed E-state index contributed by atoms with van der Waals surface area (Å²) < 4.78 is 5.49. The van der Waals surface area contributed by atoms with E-state index in [2.05, 4.69) is 27.6 Å². The Morgan fingerprint density at radius 2 is 1.96 bits per heavy atom. The van der Waals surface area contributed by atoms with Crippen molar-refractivity contribution in [1.82, 2.24) is 10.1 Å². The third kappa shape index (κ3) is 3.86. The van der Waals surface area contributed by atoms with Gasteiger partial charge in [-0.15, -0.1) is 0 Å². The van der Waals surface area contributed by atoms with Crippen LogP contribution in [0.15, 0.2) is 71.5 Å². The number of halogens is 1. The van der Waals surface area contributed by atoms with Gasteiger partial charge in [-0.2, -0.15) is 0 Å². The smallest absolute Gasteiger partial charge is 0.170 e. The van der Waals surface area contributed by atoms with E-state index in [1.807, 2.05) is 48.7 Å². The first-order valence-corrected chi connectivity index (χ1v) is 8.95. The SMILES string of the molecule is Clc1cccc(CCCNc2cc(-c3ccc4cnccc4c3)on2)c1. The van der Waals surface area contributed by atoms with Crippen LogP contribution in [0.2, 0.25) is 5.02 Å². The Hall–Kier alpha value is -2.85. The molecule has 4 nitrogen and oxygen atoms in total. The van der Waals surface area contributed by atoms with Gasteiger partial charge in [0.2, 0.25) is 0 Å². The van der Waals surface area contributed by atoms with Crippen LogP contribution in [0.3, 0.4) is 0 Å². The number of benzene rings is 2. The number of hydrogen-bond donors (Lipinski definition) is 1. The molecule has 2 aromatic heterocycles. The first-order valence-electron chi connectivity index (χ1n) is 8.57. The summed E-state index contributed by atoms with van der Waals surface area (Å²) in [5, 5.41) is 10.4. The van der Waals surface area contributed by atoms with Crippen LogP contribution in [-0.4, -0.2) is 16.7 Å². The Morgan fingerprint density at radius 3 is 2.88 bits per heavy atom. The molecule has 4 aromatic rings.